The van der Waals surface area contributed by atoms with Crippen molar-refractivity contribution in [2.45, 2.75) is 33.4 Å². The summed E-state index contributed by atoms with van der Waals surface area (Å²) in [6.45, 7) is 8.35. The monoisotopic (exact) mass is 413 g/mol. The van der Waals surface area contributed by atoms with Gasteiger partial charge in [0.05, 0.1) is 11.4 Å². The van der Waals surface area contributed by atoms with Gasteiger partial charge in [0.2, 0.25) is 5.91 Å². The second kappa shape index (κ2) is 10.0. The summed E-state index contributed by atoms with van der Waals surface area (Å²) in [6, 6.07) is 11.9. The van der Waals surface area contributed by atoms with Crippen LogP contribution in [0, 0.1) is 11.8 Å². The highest BCUT2D eigenvalue weighted by Gasteiger charge is 2.22. The summed E-state index contributed by atoms with van der Waals surface area (Å²) < 4.78 is 0. The Morgan fingerprint density at radius 3 is 2.45 bits per heavy atom. The maximum atomic E-state index is 12.4. The minimum atomic E-state index is -0.146. The van der Waals surface area contributed by atoms with Gasteiger partial charge < -0.3 is 10.2 Å². The van der Waals surface area contributed by atoms with Gasteiger partial charge in [-0.2, -0.15) is 0 Å². The number of carbonyl (C=O) groups excluding carboxylic acids is 2. The van der Waals surface area contributed by atoms with Crippen LogP contribution in [0.1, 0.15) is 41.1 Å². The van der Waals surface area contributed by atoms with E-state index in [1.165, 1.54) is 28.2 Å². The maximum absolute atomic E-state index is 12.4. The van der Waals surface area contributed by atoms with E-state index in [0.717, 1.165) is 37.0 Å². The number of likely N-dealkylation sites (tertiary alicyclic amines) is 1. The quantitative estimate of drug-likeness (QED) is 0.754. The average Bonchev–Trinajstić information content (AvgIpc) is 3.20. The Morgan fingerprint density at radius 2 is 1.79 bits per heavy atom. The van der Waals surface area contributed by atoms with E-state index in [4.69, 9.17) is 0 Å². The van der Waals surface area contributed by atoms with E-state index in [9.17, 15) is 9.59 Å². The molecule has 2 amide bonds. The van der Waals surface area contributed by atoms with Gasteiger partial charge in [-0.1, -0.05) is 44.2 Å². The molecule has 1 aliphatic rings. The number of nitrogens with one attached hydrogen (secondary N) is 1. The summed E-state index contributed by atoms with van der Waals surface area (Å²) in [7, 11) is 1.66. The van der Waals surface area contributed by atoms with Crippen molar-refractivity contribution in [2.24, 2.45) is 11.8 Å². The molecule has 0 aliphatic carbocycles. The van der Waals surface area contributed by atoms with Crippen molar-refractivity contribution in [1.82, 2.24) is 15.1 Å². The molecule has 2 atom stereocenters. The number of benzene rings is 1. The molecule has 6 heteroatoms. The van der Waals surface area contributed by atoms with E-state index in [-0.39, 0.29) is 18.4 Å². The fourth-order valence-electron chi connectivity index (χ4n) is 4.17. The number of rotatable bonds is 7. The molecule has 3 rings (SSSR count). The van der Waals surface area contributed by atoms with Gasteiger partial charge in [-0.3, -0.25) is 14.5 Å². The minimum absolute atomic E-state index is 0.0556. The zero-order valence-electron chi connectivity index (χ0n) is 17.6. The largest absolute Gasteiger partial charge is 0.350 e. The van der Waals surface area contributed by atoms with Crippen LogP contribution in [0.5, 0.6) is 0 Å². The van der Waals surface area contributed by atoms with Crippen molar-refractivity contribution >= 4 is 23.2 Å². The van der Waals surface area contributed by atoms with Crippen molar-refractivity contribution in [2.75, 3.05) is 26.7 Å². The van der Waals surface area contributed by atoms with Gasteiger partial charge in [-0.15, -0.1) is 11.3 Å². The summed E-state index contributed by atoms with van der Waals surface area (Å²) in [6.07, 6.45) is 1.30. The highest BCUT2D eigenvalue weighted by Crippen LogP contribution is 2.23. The Kier molecular flexibility index (Phi) is 7.45. The maximum Gasteiger partial charge on any atom is 0.264 e. The highest BCUT2D eigenvalue weighted by molar-refractivity contribution is 7.12. The number of piperidine rings is 1. The smallest absolute Gasteiger partial charge is 0.264 e. The Morgan fingerprint density at radius 1 is 1.10 bits per heavy atom. The summed E-state index contributed by atoms with van der Waals surface area (Å²) in [5, 5.41) is 4.84. The van der Waals surface area contributed by atoms with Crippen LogP contribution in [0.15, 0.2) is 41.8 Å². The molecule has 5 nitrogen and oxygen atoms in total. The molecule has 0 radical (unpaired) electrons. The molecule has 29 heavy (non-hydrogen) atoms. The van der Waals surface area contributed by atoms with Gasteiger partial charge in [-0.25, -0.2) is 0 Å². The highest BCUT2D eigenvalue weighted by atomic mass is 32.1. The van der Waals surface area contributed by atoms with Crippen LogP contribution in [0.4, 0.5) is 0 Å². The zero-order chi connectivity index (χ0) is 20.8. The number of carbonyl (C=O) groups is 2. The van der Waals surface area contributed by atoms with Crippen molar-refractivity contribution < 1.29 is 9.59 Å². The number of hydrogen-bond acceptors (Lipinski definition) is 4. The first-order chi connectivity index (χ1) is 13.9. The molecule has 2 aromatic rings. The van der Waals surface area contributed by atoms with E-state index in [0.29, 0.717) is 11.4 Å². The summed E-state index contributed by atoms with van der Waals surface area (Å²) in [5.74, 6) is 1.18. The summed E-state index contributed by atoms with van der Waals surface area (Å²) >= 11 is 1.39. The van der Waals surface area contributed by atoms with E-state index in [1.807, 2.05) is 17.5 Å². The molecule has 1 aromatic carbocycles. The lowest BCUT2D eigenvalue weighted by Crippen LogP contribution is -2.39. The first-order valence-electron chi connectivity index (χ1n) is 10.3. The second-order valence-electron chi connectivity index (χ2n) is 8.32. The van der Waals surface area contributed by atoms with Gasteiger partial charge in [0.15, 0.2) is 0 Å². The minimum Gasteiger partial charge on any atom is -0.350 e. The molecule has 0 spiro atoms. The summed E-state index contributed by atoms with van der Waals surface area (Å²) in [4.78, 5) is 29.3. The van der Waals surface area contributed by atoms with Crippen LogP contribution in [0.3, 0.4) is 0 Å². The third kappa shape index (κ3) is 6.15. The molecular formula is C23H31N3O2S. The molecule has 156 valence electrons. The topological polar surface area (TPSA) is 52.7 Å². The number of nitrogens with zero attached hydrogens (tertiary/aromatic N) is 2. The molecule has 1 aromatic heterocycles. The van der Waals surface area contributed by atoms with Gasteiger partial charge in [0.25, 0.3) is 5.91 Å². The second-order valence-corrected chi connectivity index (χ2v) is 9.27. The van der Waals surface area contributed by atoms with Crippen LogP contribution in [-0.2, 0) is 17.9 Å². The number of thiophene rings is 1. The molecular weight excluding hydrogens is 382 g/mol. The van der Waals surface area contributed by atoms with Crippen LogP contribution >= 0.6 is 11.3 Å². The van der Waals surface area contributed by atoms with Gasteiger partial charge in [-0.05, 0) is 40.8 Å². The first kappa shape index (κ1) is 21.5. The molecule has 1 saturated heterocycles. The Labute approximate surface area is 177 Å². The fourth-order valence-corrected chi connectivity index (χ4v) is 4.89. The molecule has 0 saturated carbocycles. The number of hydrogen-bond donors (Lipinski definition) is 1. The van der Waals surface area contributed by atoms with Gasteiger partial charge in [0.1, 0.15) is 0 Å². The SMILES string of the molecule is C[C@@H]1C[C@H](C)CN(Cc2ccccc2CNC(=O)CN(C)C(=O)c2cccs2)C1. The average molecular weight is 414 g/mol. The third-order valence-corrected chi connectivity index (χ3v) is 6.25. The Balaban J connectivity index is 1.54. The summed E-state index contributed by atoms with van der Waals surface area (Å²) in [5.41, 5.74) is 2.40. The normalized spacial score (nSPS) is 19.7. The fraction of sp³-hybridized carbons (Fsp3) is 0.478. The third-order valence-electron chi connectivity index (χ3n) is 5.39. The van der Waals surface area contributed by atoms with Gasteiger partial charge >= 0.3 is 0 Å². The number of amides is 2. The number of likely N-dealkylation sites (N-methyl/N-ethyl adjacent to an activating group) is 1. The van der Waals surface area contributed by atoms with E-state index >= 15 is 0 Å². The van der Waals surface area contributed by atoms with E-state index in [2.05, 4.69) is 42.3 Å². The van der Waals surface area contributed by atoms with Crippen molar-refractivity contribution in [3.05, 3.63) is 57.8 Å². The standard InChI is InChI=1S/C23H31N3O2S/c1-17-11-18(2)14-26(13-17)15-20-8-5-4-7-19(20)12-24-22(27)16-25(3)23(28)21-9-6-10-29-21/h4-10,17-18H,11-16H2,1-3H3,(H,24,27)/t17-,18+. The Bertz CT molecular complexity index is 811. The first-order valence-corrected chi connectivity index (χ1v) is 11.1. The van der Waals surface area contributed by atoms with Crippen LogP contribution in [-0.4, -0.2) is 48.3 Å². The molecule has 0 bridgehead atoms. The lowest BCUT2D eigenvalue weighted by atomic mass is 9.91. The van der Waals surface area contributed by atoms with Crippen molar-refractivity contribution in [3.8, 4) is 0 Å². The predicted octanol–water partition coefficient (Wildman–Crippen LogP) is 3.61. The van der Waals surface area contributed by atoms with Crippen molar-refractivity contribution in [1.29, 1.82) is 0 Å². The van der Waals surface area contributed by atoms with Crippen LogP contribution < -0.4 is 5.32 Å². The van der Waals surface area contributed by atoms with E-state index in [1.54, 1.807) is 13.1 Å². The zero-order valence-corrected chi connectivity index (χ0v) is 18.4. The molecule has 0 unspecified atom stereocenters. The molecule has 2 heterocycles. The van der Waals surface area contributed by atoms with Crippen LogP contribution in [0.2, 0.25) is 0 Å². The molecule has 1 fully saturated rings. The molecule has 1 aliphatic heterocycles. The molecule has 1 N–H and O–H groups in total. The lowest BCUT2D eigenvalue weighted by molar-refractivity contribution is -0.121. The predicted molar refractivity (Wildman–Crippen MR) is 118 cm³/mol. The van der Waals surface area contributed by atoms with Crippen molar-refractivity contribution in [3.63, 3.8) is 0 Å². The lowest BCUT2D eigenvalue weighted by Gasteiger charge is -2.35. The van der Waals surface area contributed by atoms with Gasteiger partial charge in [0, 0.05) is 33.2 Å². The Hall–Kier alpha value is -2.18. The van der Waals surface area contributed by atoms with Crippen LogP contribution in [0.25, 0.3) is 0 Å². The van der Waals surface area contributed by atoms with E-state index < -0.39 is 0 Å².